The van der Waals surface area contributed by atoms with Crippen molar-refractivity contribution in [2.45, 2.75) is 20.3 Å². The topological polar surface area (TPSA) is 59.2 Å². The lowest BCUT2D eigenvalue weighted by Gasteiger charge is -2.09. The summed E-state index contributed by atoms with van der Waals surface area (Å²) in [7, 11) is 0. The molecule has 0 aliphatic carbocycles. The number of hydrogen-bond acceptors (Lipinski definition) is 3. The number of benzene rings is 1. The number of halogens is 1. The van der Waals surface area contributed by atoms with Gasteiger partial charge in [-0.15, -0.1) is 0 Å². The number of aryl methyl sites for hydroxylation is 1. The zero-order valence-corrected chi connectivity index (χ0v) is 12.9. The fourth-order valence-electron chi connectivity index (χ4n) is 1.99. The van der Waals surface area contributed by atoms with E-state index in [-0.39, 0.29) is 17.6 Å². The molecule has 0 spiro atoms. The number of aromatic amines is 1. The summed E-state index contributed by atoms with van der Waals surface area (Å²) in [6, 6.07) is 5.55. The predicted octanol–water partition coefficient (Wildman–Crippen LogP) is 2.87. The molecule has 4 nitrogen and oxygen atoms in total. The van der Waals surface area contributed by atoms with Crippen molar-refractivity contribution in [3.8, 4) is 0 Å². The Balaban J connectivity index is 2.77. The van der Waals surface area contributed by atoms with Crippen LogP contribution in [-0.4, -0.2) is 17.6 Å². The van der Waals surface area contributed by atoms with E-state index in [1.54, 1.807) is 13.0 Å². The molecule has 2 rings (SSSR count). The summed E-state index contributed by atoms with van der Waals surface area (Å²) in [4.78, 5) is 27.5. The van der Waals surface area contributed by atoms with Gasteiger partial charge in [0, 0.05) is 20.2 Å². The number of aromatic nitrogens is 1. The van der Waals surface area contributed by atoms with Crippen LogP contribution >= 0.6 is 22.6 Å². The molecule has 0 saturated carbocycles. The second kappa shape index (κ2) is 5.73. The normalized spacial score (nSPS) is 10.7. The maximum absolute atomic E-state index is 12.5. The van der Waals surface area contributed by atoms with Crippen LogP contribution < -0.4 is 5.43 Å². The van der Waals surface area contributed by atoms with Gasteiger partial charge in [-0.3, -0.25) is 4.79 Å². The SMILES string of the molecule is CCOC(=O)c1c(CC)[nH]c2ccc(I)cc2c1=O. The molecule has 2 aromatic rings. The Morgan fingerprint density at radius 3 is 2.74 bits per heavy atom. The van der Waals surface area contributed by atoms with E-state index in [1.165, 1.54) is 0 Å². The Labute approximate surface area is 124 Å². The van der Waals surface area contributed by atoms with E-state index in [0.717, 1.165) is 9.09 Å². The lowest BCUT2D eigenvalue weighted by Crippen LogP contribution is -2.21. The minimum absolute atomic E-state index is 0.124. The summed E-state index contributed by atoms with van der Waals surface area (Å²) in [5, 5.41) is 0.521. The van der Waals surface area contributed by atoms with Gasteiger partial charge in [-0.05, 0) is 54.1 Å². The van der Waals surface area contributed by atoms with Gasteiger partial charge in [0.2, 0.25) is 5.43 Å². The third-order valence-corrected chi connectivity index (χ3v) is 3.54. The van der Waals surface area contributed by atoms with Gasteiger partial charge in [-0.1, -0.05) is 6.92 Å². The Kier molecular flexibility index (Phi) is 4.24. The second-order valence-electron chi connectivity index (χ2n) is 4.07. The first-order valence-corrected chi connectivity index (χ1v) is 7.17. The summed E-state index contributed by atoms with van der Waals surface area (Å²) in [6.07, 6.45) is 0.575. The van der Waals surface area contributed by atoms with Crippen LogP contribution in [0, 0.1) is 3.57 Å². The number of carbonyl (C=O) groups excluding carboxylic acids is 1. The van der Waals surface area contributed by atoms with Gasteiger partial charge < -0.3 is 9.72 Å². The van der Waals surface area contributed by atoms with E-state index < -0.39 is 5.97 Å². The van der Waals surface area contributed by atoms with Gasteiger partial charge in [0.1, 0.15) is 5.56 Å². The quantitative estimate of drug-likeness (QED) is 0.667. The molecule has 1 heterocycles. The largest absolute Gasteiger partial charge is 0.462 e. The molecule has 0 radical (unpaired) electrons. The Morgan fingerprint density at radius 1 is 1.37 bits per heavy atom. The van der Waals surface area contributed by atoms with Crippen molar-refractivity contribution in [2.75, 3.05) is 6.61 Å². The maximum atomic E-state index is 12.5. The molecule has 1 aromatic heterocycles. The third kappa shape index (κ3) is 2.65. The van der Waals surface area contributed by atoms with Crippen LogP contribution in [0.1, 0.15) is 29.9 Å². The van der Waals surface area contributed by atoms with Gasteiger partial charge in [-0.2, -0.15) is 0 Å². The molecule has 1 aromatic carbocycles. The highest BCUT2D eigenvalue weighted by molar-refractivity contribution is 14.1. The number of carbonyl (C=O) groups is 1. The number of hydrogen-bond donors (Lipinski definition) is 1. The highest BCUT2D eigenvalue weighted by Crippen LogP contribution is 2.16. The van der Waals surface area contributed by atoms with Gasteiger partial charge in [0.25, 0.3) is 0 Å². The lowest BCUT2D eigenvalue weighted by molar-refractivity contribution is 0.0523. The van der Waals surface area contributed by atoms with E-state index in [1.807, 2.05) is 19.1 Å². The number of ether oxygens (including phenoxy) is 1. The van der Waals surface area contributed by atoms with Crippen LogP contribution in [0.4, 0.5) is 0 Å². The van der Waals surface area contributed by atoms with Crippen molar-refractivity contribution in [3.05, 3.63) is 43.2 Å². The Hall–Kier alpha value is -1.37. The molecule has 0 bridgehead atoms. The molecule has 0 aliphatic heterocycles. The average molecular weight is 371 g/mol. The molecule has 0 saturated heterocycles. The summed E-state index contributed by atoms with van der Waals surface area (Å²) >= 11 is 2.14. The van der Waals surface area contributed by atoms with E-state index >= 15 is 0 Å². The molecule has 100 valence electrons. The van der Waals surface area contributed by atoms with Crippen molar-refractivity contribution >= 4 is 39.5 Å². The number of esters is 1. The van der Waals surface area contributed by atoms with E-state index in [9.17, 15) is 9.59 Å². The molecular weight excluding hydrogens is 357 g/mol. The van der Waals surface area contributed by atoms with Crippen LogP contribution in [0.15, 0.2) is 23.0 Å². The minimum Gasteiger partial charge on any atom is -0.462 e. The lowest BCUT2D eigenvalue weighted by atomic mass is 10.1. The zero-order valence-electron chi connectivity index (χ0n) is 10.7. The van der Waals surface area contributed by atoms with Gasteiger partial charge in [0.15, 0.2) is 0 Å². The highest BCUT2D eigenvalue weighted by atomic mass is 127. The monoisotopic (exact) mass is 371 g/mol. The molecular formula is C14H14INO3. The smallest absolute Gasteiger partial charge is 0.343 e. The first-order chi connectivity index (χ1) is 9.08. The first-order valence-electron chi connectivity index (χ1n) is 6.10. The van der Waals surface area contributed by atoms with E-state index in [0.29, 0.717) is 17.5 Å². The Bertz CT molecular complexity index is 691. The molecule has 0 unspecified atom stereocenters. The van der Waals surface area contributed by atoms with Crippen molar-refractivity contribution < 1.29 is 9.53 Å². The van der Waals surface area contributed by atoms with Crippen LogP contribution in [0.25, 0.3) is 10.9 Å². The third-order valence-electron chi connectivity index (χ3n) is 2.87. The Morgan fingerprint density at radius 2 is 2.11 bits per heavy atom. The van der Waals surface area contributed by atoms with E-state index in [2.05, 4.69) is 27.6 Å². The van der Waals surface area contributed by atoms with Crippen molar-refractivity contribution in [1.29, 1.82) is 0 Å². The molecule has 0 atom stereocenters. The fraction of sp³-hybridized carbons (Fsp3) is 0.286. The highest BCUT2D eigenvalue weighted by Gasteiger charge is 2.19. The number of H-pyrrole nitrogens is 1. The maximum Gasteiger partial charge on any atom is 0.343 e. The number of pyridine rings is 1. The van der Waals surface area contributed by atoms with Crippen molar-refractivity contribution in [2.24, 2.45) is 0 Å². The summed E-state index contributed by atoms with van der Waals surface area (Å²) in [5.41, 5.74) is 1.23. The minimum atomic E-state index is -0.554. The first kappa shape index (κ1) is 14.0. The van der Waals surface area contributed by atoms with Gasteiger partial charge >= 0.3 is 5.97 Å². The van der Waals surface area contributed by atoms with Crippen molar-refractivity contribution in [3.63, 3.8) is 0 Å². The zero-order chi connectivity index (χ0) is 14.0. The molecule has 1 N–H and O–H groups in total. The molecule has 0 fully saturated rings. The van der Waals surface area contributed by atoms with Crippen molar-refractivity contribution in [1.82, 2.24) is 4.98 Å². The van der Waals surface area contributed by atoms with E-state index in [4.69, 9.17) is 4.74 Å². The number of rotatable bonds is 3. The average Bonchev–Trinajstić information content (AvgIpc) is 2.39. The van der Waals surface area contributed by atoms with Crippen LogP contribution in [0.2, 0.25) is 0 Å². The molecule has 0 amide bonds. The predicted molar refractivity (Wildman–Crippen MR) is 82.6 cm³/mol. The molecule has 0 aliphatic rings. The fourth-order valence-corrected chi connectivity index (χ4v) is 2.49. The summed E-state index contributed by atoms with van der Waals surface area (Å²) in [6.45, 7) is 3.88. The van der Waals surface area contributed by atoms with Gasteiger partial charge in [-0.25, -0.2) is 4.79 Å². The van der Waals surface area contributed by atoms with Crippen LogP contribution in [-0.2, 0) is 11.2 Å². The van der Waals surface area contributed by atoms with Crippen LogP contribution in [0.5, 0.6) is 0 Å². The molecule has 5 heteroatoms. The summed E-state index contributed by atoms with van der Waals surface area (Å²) in [5.74, 6) is -0.554. The van der Waals surface area contributed by atoms with Gasteiger partial charge in [0.05, 0.1) is 6.61 Å². The number of nitrogens with one attached hydrogen (secondary N) is 1. The van der Waals surface area contributed by atoms with Crippen LogP contribution in [0.3, 0.4) is 0 Å². The second-order valence-corrected chi connectivity index (χ2v) is 5.32. The molecule has 19 heavy (non-hydrogen) atoms. The standard InChI is InChI=1S/C14H14INO3/c1-3-10-12(14(18)19-4-2)13(17)9-7-8(15)5-6-11(9)16-10/h5-7H,3-4H2,1-2H3,(H,16,17). The number of fused-ring (bicyclic) bond motifs is 1. The summed E-state index contributed by atoms with van der Waals surface area (Å²) < 4.78 is 5.92.